The van der Waals surface area contributed by atoms with E-state index in [1.54, 1.807) is 6.07 Å². The van der Waals surface area contributed by atoms with Crippen LogP contribution in [0.3, 0.4) is 0 Å². The monoisotopic (exact) mass is 292 g/mol. The van der Waals surface area contributed by atoms with Crippen molar-refractivity contribution in [2.45, 2.75) is 18.9 Å². The first kappa shape index (κ1) is 13.6. The number of ether oxygens (including phenoxy) is 1. The largest absolute Gasteiger partial charge is 0.481 e. The quantitative estimate of drug-likeness (QED) is 0.617. The van der Waals surface area contributed by atoms with Gasteiger partial charge in [0, 0.05) is 19.1 Å². The summed E-state index contributed by atoms with van der Waals surface area (Å²) in [6.45, 7) is 1.20. The summed E-state index contributed by atoms with van der Waals surface area (Å²) in [4.78, 5) is 24.2. The molecule has 0 saturated carbocycles. The molecule has 112 valence electrons. The van der Waals surface area contributed by atoms with Gasteiger partial charge in [-0.2, -0.15) is 0 Å². The van der Waals surface area contributed by atoms with Gasteiger partial charge in [-0.1, -0.05) is 0 Å². The number of benzene rings is 1. The van der Waals surface area contributed by atoms with Gasteiger partial charge in [-0.3, -0.25) is 14.9 Å². The summed E-state index contributed by atoms with van der Waals surface area (Å²) in [5.74, 6) is 0.0710. The molecule has 3 N–H and O–H groups in total. The highest BCUT2D eigenvalue weighted by Crippen LogP contribution is 2.40. The number of piperidine rings is 1. The Morgan fingerprint density at radius 1 is 1.38 bits per heavy atom. The Hall–Kier alpha value is -2.35. The highest BCUT2D eigenvalue weighted by molar-refractivity contribution is 5.96. The smallest absolute Gasteiger partial charge is 0.296 e. The van der Waals surface area contributed by atoms with Crippen molar-refractivity contribution >= 4 is 23.0 Å². The first-order valence-corrected chi connectivity index (χ1v) is 6.80. The van der Waals surface area contributed by atoms with Crippen molar-refractivity contribution in [3.63, 3.8) is 0 Å². The number of nitro groups is 1. The minimum Gasteiger partial charge on any atom is -0.481 e. The Morgan fingerprint density at radius 2 is 2.10 bits per heavy atom. The Labute approximate surface area is 121 Å². The molecule has 1 amide bonds. The fourth-order valence-electron chi connectivity index (χ4n) is 2.64. The average molecular weight is 292 g/mol. The number of amides is 1. The normalized spacial score (nSPS) is 18.7. The molecular formula is C13H16N4O4. The van der Waals surface area contributed by atoms with Gasteiger partial charge in [0.15, 0.2) is 12.4 Å². The third kappa shape index (κ3) is 2.62. The molecule has 2 aliphatic heterocycles. The molecule has 2 aliphatic rings. The van der Waals surface area contributed by atoms with Crippen molar-refractivity contribution in [1.29, 1.82) is 0 Å². The van der Waals surface area contributed by atoms with E-state index in [1.807, 2.05) is 4.90 Å². The number of carbonyl (C=O) groups excluding carboxylic acids is 1. The molecule has 0 aromatic heterocycles. The van der Waals surface area contributed by atoms with Gasteiger partial charge in [0.05, 0.1) is 16.7 Å². The lowest BCUT2D eigenvalue weighted by Gasteiger charge is -2.32. The topological polar surface area (TPSA) is 111 Å². The Kier molecular flexibility index (Phi) is 3.38. The molecule has 0 aliphatic carbocycles. The van der Waals surface area contributed by atoms with Crippen LogP contribution in [-0.2, 0) is 4.79 Å². The van der Waals surface area contributed by atoms with Gasteiger partial charge in [0.2, 0.25) is 0 Å². The molecule has 0 radical (unpaired) electrons. The summed E-state index contributed by atoms with van der Waals surface area (Å²) in [5, 5.41) is 14.0. The van der Waals surface area contributed by atoms with Crippen LogP contribution >= 0.6 is 0 Å². The number of carbonyl (C=O) groups is 1. The van der Waals surface area contributed by atoms with Crippen LogP contribution in [0.2, 0.25) is 0 Å². The van der Waals surface area contributed by atoms with Crippen LogP contribution in [0, 0.1) is 10.1 Å². The zero-order valence-corrected chi connectivity index (χ0v) is 11.4. The predicted molar refractivity (Wildman–Crippen MR) is 76.6 cm³/mol. The second kappa shape index (κ2) is 5.21. The molecule has 0 bridgehead atoms. The fourth-order valence-corrected chi connectivity index (χ4v) is 2.64. The van der Waals surface area contributed by atoms with Gasteiger partial charge < -0.3 is 20.7 Å². The molecule has 1 saturated heterocycles. The Morgan fingerprint density at radius 3 is 2.76 bits per heavy atom. The number of hydrogen-bond acceptors (Lipinski definition) is 6. The predicted octanol–water partition coefficient (Wildman–Crippen LogP) is 0.853. The van der Waals surface area contributed by atoms with Crippen LogP contribution < -0.4 is 20.7 Å². The van der Waals surface area contributed by atoms with E-state index in [9.17, 15) is 14.9 Å². The molecule has 0 unspecified atom stereocenters. The van der Waals surface area contributed by atoms with Crippen molar-refractivity contribution in [1.82, 2.24) is 0 Å². The standard InChI is InChI=1S/C13H16N4O4/c14-8-1-3-16(4-2-8)10-5-9-12(6-11(10)17(19)20)21-7-13(18)15-9/h5-6,8H,1-4,7,14H2,(H,15,18). The Bertz CT molecular complexity index is 596. The minimum atomic E-state index is -0.427. The van der Waals surface area contributed by atoms with Crippen molar-refractivity contribution in [3.05, 3.63) is 22.2 Å². The van der Waals surface area contributed by atoms with Crippen molar-refractivity contribution in [2.24, 2.45) is 5.73 Å². The first-order chi connectivity index (χ1) is 10.0. The minimum absolute atomic E-state index is 0.0135. The lowest BCUT2D eigenvalue weighted by Crippen LogP contribution is -2.40. The third-order valence-corrected chi connectivity index (χ3v) is 3.79. The van der Waals surface area contributed by atoms with E-state index >= 15 is 0 Å². The number of rotatable bonds is 2. The molecule has 3 rings (SSSR count). The summed E-state index contributed by atoms with van der Waals surface area (Å²) in [7, 11) is 0. The number of nitro benzene ring substituents is 1. The lowest BCUT2D eigenvalue weighted by atomic mass is 10.0. The summed E-state index contributed by atoms with van der Waals surface area (Å²) in [6.07, 6.45) is 1.58. The molecule has 1 aromatic carbocycles. The van der Waals surface area contributed by atoms with Crippen molar-refractivity contribution in [3.8, 4) is 5.75 Å². The SMILES string of the molecule is NC1CCN(c2cc3c(cc2[N+](=O)[O-])OCC(=O)N3)CC1. The maximum Gasteiger partial charge on any atom is 0.296 e. The second-order valence-electron chi connectivity index (χ2n) is 5.26. The zero-order chi connectivity index (χ0) is 15.0. The van der Waals surface area contributed by atoms with Crippen LogP contribution in [0.5, 0.6) is 5.75 Å². The molecule has 0 spiro atoms. The van der Waals surface area contributed by atoms with E-state index in [4.69, 9.17) is 10.5 Å². The number of hydrogen-bond donors (Lipinski definition) is 2. The molecule has 2 heterocycles. The zero-order valence-electron chi connectivity index (χ0n) is 11.4. The maximum absolute atomic E-state index is 11.4. The van der Waals surface area contributed by atoms with Crippen LogP contribution in [0.1, 0.15) is 12.8 Å². The van der Waals surface area contributed by atoms with Crippen LogP contribution in [-0.4, -0.2) is 36.6 Å². The highest BCUT2D eigenvalue weighted by Gasteiger charge is 2.28. The fraction of sp³-hybridized carbons (Fsp3) is 0.462. The Balaban J connectivity index is 1.99. The third-order valence-electron chi connectivity index (χ3n) is 3.79. The van der Waals surface area contributed by atoms with Gasteiger partial charge in [0.25, 0.3) is 11.6 Å². The molecule has 8 nitrogen and oxygen atoms in total. The van der Waals surface area contributed by atoms with Crippen LogP contribution in [0.25, 0.3) is 0 Å². The summed E-state index contributed by atoms with van der Waals surface area (Å²) < 4.78 is 5.23. The molecule has 1 fully saturated rings. The number of nitrogens with zero attached hydrogens (tertiary/aromatic N) is 2. The number of anilines is 2. The maximum atomic E-state index is 11.4. The second-order valence-corrected chi connectivity index (χ2v) is 5.26. The van der Waals surface area contributed by atoms with E-state index in [0.717, 1.165) is 12.8 Å². The van der Waals surface area contributed by atoms with E-state index in [1.165, 1.54) is 6.07 Å². The highest BCUT2D eigenvalue weighted by atomic mass is 16.6. The van der Waals surface area contributed by atoms with E-state index < -0.39 is 4.92 Å². The van der Waals surface area contributed by atoms with Crippen LogP contribution in [0.4, 0.5) is 17.1 Å². The summed E-state index contributed by atoms with van der Waals surface area (Å²) in [5.41, 5.74) is 6.82. The molecular weight excluding hydrogens is 276 g/mol. The number of fused-ring (bicyclic) bond motifs is 1. The lowest BCUT2D eigenvalue weighted by molar-refractivity contribution is -0.384. The van der Waals surface area contributed by atoms with Gasteiger partial charge in [-0.25, -0.2) is 0 Å². The van der Waals surface area contributed by atoms with E-state index in [-0.39, 0.29) is 24.2 Å². The van der Waals surface area contributed by atoms with Crippen molar-refractivity contribution < 1.29 is 14.5 Å². The number of nitrogens with one attached hydrogen (secondary N) is 1. The van der Waals surface area contributed by atoms with Crippen LogP contribution in [0.15, 0.2) is 12.1 Å². The van der Waals surface area contributed by atoms with E-state index in [0.29, 0.717) is 30.2 Å². The molecule has 1 aromatic rings. The summed E-state index contributed by atoms with van der Waals surface area (Å²) in [6, 6.07) is 3.13. The molecule has 8 heteroatoms. The summed E-state index contributed by atoms with van der Waals surface area (Å²) >= 11 is 0. The van der Waals surface area contributed by atoms with Gasteiger partial charge in [-0.05, 0) is 18.9 Å². The molecule has 21 heavy (non-hydrogen) atoms. The number of nitrogens with two attached hydrogens (primary N) is 1. The van der Waals surface area contributed by atoms with Gasteiger partial charge >= 0.3 is 0 Å². The van der Waals surface area contributed by atoms with Gasteiger partial charge in [-0.15, -0.1) is 0 Å². The molecule has 0 atom stereocenters. The van der Waals surface area contributed by atoms with Crippen molar-refractivity contribution in [2.75, 3.05) is 29.9 Å². The first-order valence-electron chi connectivity index (χ1n) is 6.80. The average Bonchev–Trinajstić information content (AvgIpc) is 2.46. The van der Waals surface area contributed by atoms with E-state index in [2.05, 4.69) is 5.32 Å². The van der Waals surface area contributed by atoms with Gasteiger partial charge in [0.1, 0.15) is 5.69 Å².